The molecule has 0 amide bonds. The molecule has 2 heteroatoms. The third-order valence-corrected chi connectivity index (χ3v) is 11.9. The van der Waals surface area contributed by atoms with Crippen LogP contribution in [0.15, 0.2) is 186 Å². The van der Waals surface area contributed by atoms with Crippen LogP contribution in [0.3, 0.4) is 0 Å². The standard InChI is InChI=1S/C50H30OS/c1-3-14-32(15-4-1)47-48-44(52-50(47)33-16-5-2-6-17-33)28-26-41-42-30-36(25-27-43(42)51-49(41)48)46-39-21-11-9-19-37(39)45(38-20-10-12-22-40(38)46)35-24-23-31-13-7-8-18-34(31)29-35/h1-30H. The highest BCUT2D eigenvalue weighted by molar-refractivity contribution is 7.23. The van der Waals surface area contributed by atoms with Gasteiger partial charge in [0.05, 0.1) is 0 Å². The van der Waals surface area contributed by atoms with Gasteiger partial charge in [-0.2, -0.15) is 0 Å². The van der Waals surface area contributed by atoms with E-state index >= 15 is 0 Å². The molecule has 0 bridgehead atoms. The van der Waals surface area contributed by atoms with Gasteiger partial charge in [0.1, 0.15) is 11.2 Å². The summed E-state index contributed by atoms with van der Waals surface area (Å²) in [5, 5.41) is 11.0. The highest BCUT2D eigenvalue weighted by Crippen LogP contribution is 2.50. The van der Waals surface area contributed by atoms with Crippen molar-refractivity contribution in [2.75, 3.05) is 0 Å². The van der Waals surface area contributed by atoms with Crippen molar-refractivity contribution >= 4 is 75.7 Å². The van der Waals surface area contributed by atoms with Gasteiger partial charge in [0.15, 0.2) is 0 Å². The van der Waals surface area contributed by atoms with E-state index in [1.807, 2.05) is 11.3 Å². The summed E-state index contributed by atoms with van der Waals surface area (Å²) in [6, 6.07) is 66.1. The van der Waals surface area contributed by atoms with Gasteiger partial charge in [-0.05, 0) is 96.0 Å². The van der Waals surface area contributed by atoms with Crippen LogP contribution in [0.5, 0.6) is 0 Å². The number of hydrogen-bond acceptors (Lipinski definition) is 2. The van der Waals surface area contributed by atoms with Crippen LogP contribution >= 0.6 is 11.3 Å². The molecule has 0 N–H and O–H groups in total. The first kappa shape index (κ1) is 29.3. The molecule has 2 aromatic heterocycles. The molecule has 0 unspecified atom stereocenters. The fourth-order valence-electron chi connectivity index (χ4n) is 8.34. The van der Waals surface area contributed by atoms with Crippen LogP contribution in [0.25, 0.3) is 108 Å². The van der Waals surface area contributed by atoms with Gasteiger partial charge in [-0.1, -0.05) is 152 Å². The average molecular weight is 679 g/mol. The van der Waals surface area contributed by atoms with E-state index in [2.05, 4.69) is 182 Å². The topological polar surface area (TPSA) is 13.1 Å². The Morgan fingerprint density at radius 1 is 0.346 bits per heavy atom. The predicted octanol–water partition coefficient (Wildman–Crippen LogP) is 14.9. The van der Waals surface area contributed by atoms with Crippen LogP contribution in [-0.4, -0.2) is 0 Å². The van der Waals surface area contributed by atoms with Crippen molar-refractivity contribution in [3.8, 4) is 43.8 Å². The number of furan rings is 1. The fraction of sp³-hybridized carbons (Fsp3) is 0. The van der Waals surface area contributed by atoms with Crippen molar-refractivity contribution in [1.82, 2.24) is 0 Å². The molecule has 9 aromatic carbocycles. The summed E-state index contributed by atoms with van der Waals surface area (Å²) >= 11 is 1.84. The largest absolute Gasteiger partial charge is 0.455 e. The highest BCUT2D eigenvalue weighted by atomic mass is 32.1. The molecule has 0 radical (unpaired) electrons. The van der Waals surface area contributed by atoms with Crippen LogP contribution in [0, 0.1) is 0 Å². The Bertz CT molecular complexity index is 3110. The lowest BCUT2D eigenvalue weighted by molar-refractivity contribution is 0.673. The van der Waals surface area contributed by atoms with E-state index in [9.17, 15) is 0 Å². The predicted molar refractivity (Wildman–Crippen MR) is 223 cm³/mol. The lowest BCUT2D eigenvalue weighted by Crippen LogP contribution is -1.91. The van der Waals surface area contributed by atoms with Crippen molar-refractivity contribution < 1.29 is 4.42 Å². The molecule has 0 saturated heterocycles. The molecule has 11 rings (SSSR count). The maximum absolute atomic E-state index is 6.86. The molecule has 242 valence electrons. The number of fused-ring (bicyclic) bond motifs is 8. The zero-order valence-corrected chi connectivity index (χ0v) is 29.0. The van der Waals surface area contributed by atoms with Crippen molar-refractivity contribution in [2.45, 2.75) is 0 Å². The van der Waals surface area contributed by atoms with Crippen LogP contribution in [0.1, 0.15) is 0 Å². The lowest BCUT2D eigenvalue weighted by Gasteiger charge is -2.18. The minimum atomic E-state index is 0.902. The second-order valence-electron chi connectivity index (χ2n) is 13.6. The number of benzene rings is 9. The third-order valence-electron chi connectivity index (χ3n) is 10.6. The summed E-state index contributed by atoms with van der Waals surface area (Å²) in [5.74, 6) is 0. The summed E-state index contributed by atoms with van der Waals surface area (Å²) in [5.41, 5.74) is 10.5. The summed E-state index contributed by atoms with van der Waals surface area (Å²) in [7, 11) is 0. The second-order valence-corrected chi connectivity index (χ2v) is 14.6. The highest BCUT2D eigenvalue weighted by Gasteiger charge is 2.22. The Kier molecular flexibility index (Phi) is 6.49. The molecular weight excluding hydrogens is 649 g/mol. The smallest absolute Gasteiger partial charge is 0.144 e. The van der Waals surface area contributed by atoms with Crippen LogP contribution < -0.4 is 0 Å². The molecule has 0 aliphatic rings. The van der Waals surface area contributed by atoms with Gasteiger partial charge in [0.2, 0.25) is 0 Å². The van der Waals surface area contributed by atoms with Gasteiger partial charge in [0, 0.05) is 31.3 Å². The van der Waals surface area contributed by atoms with Gasteiger partial charge >= 0.3 is 0 Å². The van der Waals surface area contributed by atoms with E-state index in [-0.39, 0.29) is 0 Å². The van der Waals surface area contributed by atoms with Crippen LogP contribution in [0.2, 0.25) is 0 Å². The van der Waals surface area contributed by atoms with E-state index in [0.29, 0.717) is 0 Å². The maximum Gasteiger partial charge on any atom is 0.144 e. The molecule has 52 heavy (non-hydrogen) atoms. The van der Waals surface area contributed by atoms with Gasteiger partial charge < -0.3 is 4.42 Å². The molecule has 0 saturated carbocycles. The SMILES string of the molecule is c1ccc(-c2sc3ccc4c5cc(-c6c7ccccc7c(-c7ccc8ccccc8c7)c7ccccc67)ccc5oc4c3c2-c2ccccc2)cc1. The van der Waals surface area contributed by atoms with E-state index in [1.54, 1.807) is 0 Å². The van der Waals surface area contributed by atoms with Gasteiger partial charge in [0.25, 0.3) is 0 Å². The van der Waals surface area contributed by atoms with E-state index in [0.717, 1.165) is 21.9 Å². The monoisotopic (exact) mass is 678 g/mol. The number of thiophene rings is 1. The quantitative estimate of drug-likeness (QED) is 0.169. The molecule has 0 aliphatic heterocycles. The molecule has 2 heterocycles. The summed E-state index contributed by atoms with van der Waals surface area (Å²) in [6.07, 6.45) is 0. The minimum Gasteiger partial charge on any atom is -0.455 e. The molecule has 0 atom stereocenters. The average Bonchev–Trinajstić information content (AvgIpc) is 3.79. The normalized spacial score (nSPS) is 11.8. The molecule has 11 aromatic rings. The number of rotatable bonds is 4. The Morgan fingerprint density at radius 2 is 0.904 bits per heavy atom. The van der Waals surface area contributed by atoms with Crippen LogP contribution in [0.4, 0.5) is 0 Å². The van der Waals surface area contributed by atoms with E-state index in [4.69, 9.17) is 4.42 Å². The van der Waals surface area contributed by atoms with Crippen LogP contribution in [-0.2, 0) is 0 Å². The van der Waals surface area contributed by atoms with Gasteiger partial charge in [-0.3, -0.25) is 0 Å². The van der Waals surface area contributed by atoms with Crippen molar-refractivity contribution in [3.05, 3.63) is 182 Å². The second kappa shape index (κ2) is 11.5. The molecule has 1 nitrogen and oxygen atoms in total. The molecule has 0 spiro atoms. The first-order chi connectivity index (χ1) is 25.8. The molecule has 0 aliphatic carbocycles. The Labute approximate surface area is 304 Å². The van der Waals surface area contributed by atoms with E-state index < -0.39 is 0 Å². The first-order valence-electron chi connectivity index (χ1n) is 17.8. The van der Waals surface area contributed by atoms with Gasteiger partial charge in [-0.15, -0.1) is 11.3 Å². The molecular formula is C50H30OS. The van der Waals surface area contributed by atoms with Gasteiger partial charge in [-0.25, -0.2) is 0 Å². The minimum absolute atomic E-state index is 0.902. The first-order valence-corrected chi connectivity index (χ1v) is 18.6. The third kappa shape index (κ3) is 4.41. The van der Waals surface area contributed by atoms with Crippen molar-refractivity contribution in [2.24, 2.45) is 0 Å². The molecule has 0 fully saturated rings. The van der Waals surface area contributed by atoms with Crippen molar-refractivity contribution in [1.29, 1.82) is 0 Å². The Morgan fingerprint density at radius 3 is 1.58 bits per heavy atom. The maximum atomic E-state index is 6.86. The zero-order valence-electron chi connectivity index (χ0n) is 28.1. The van der Waals surface area contributed by atoms with E-state index in [1.165, 1.54) is 86.2 Å². The lowest BCUT2D eigenvalue weighted by atomic mass is 9.85. The Balaban J connectivity index is 1.17. The zero-order chi connectivity index (χ0) is 34.2. The van der Waals surface area contributed by atoms with Crippen molar-refractivity contribution in [3.63, 3.8) is 0 Å². The summed E-state index contributed by atoms with van der Waals surface area (Å²) in [4.78, 5) is 1.26. The summed E-state index contributed by atoms with van der Waals surface area (Å²) in [6.45, 7) is 0. The Hall–Kier alpha value is -6.48. The summed E-state index contributed by atoms with van der Waals surface area (Å²) < 4.78 is 8.09. The fourth-order valence-corrected chi connectivity index (χ4v) is 9.57. The number of hydrogen-bond donors (Lipinski definition) is 0.